The Hall–Kier alpha value is -13.8. The molecule has 0 aliphatic heterocycles. The van der Waals surface area contributed by atoms with Crippen LogP contribution in [0.3, 0.4) is 0 Å². The summed E-state index contributed by atoms with van der Waals surface area (Å²) in [5, 5.41) is 7.14. The highest BCUT2D eigenvalue weighted by molar-refractivity contribution is 6.29. The molecule has 0 saturated heterocycles. The molecular formula is C90H57ClN12. The first-order chi connectivity index (χ1) is 51.0. The smallest absolute Gasteiger partial charge is 0.235 e. The lowest BCUT2D eigenvalue weighted by Crippen LogP contribution is -2.03. The summed E-state index contributed by atoms with van der Waals surface area (Å²) in [6, 6.07) is 118. The van der Waals surface area contributed by atoms with Crippen molar-refractivity contribution in [2.24, 2.45) is 0 Å². The highest BCUT2D eigenvalue weighted by atomic mass is 35.5. The van der Waals surface area contributed by atoms with Crippen molar-refractivity contribution in [1.29, 1.82) is 0 Å². The maximum absolute atomic E-state index is 5.95. The number of aromatic amines is 1. The zero-order valence-electron chi connectivity index (χ0n) is 55.1. The summed E-state index contributed by atoms with van der Waals surface area (Å²) < 4.78 is 11.3. The van der Waals surface area contributed by atoms with Crippen molar-refractivity contribution in [3.05, 3.63) is 345 Å². The van der Waals surface area contributed by atoms with Crippen molar-refractivity contribution in [3.8, 4) is 62.1 Å². The lowest BCUT2D eigenvalue weighted by atomic mass is 10.0. The Morgan fingerprint density at radius 2 is 0.641 bits per heavy atom. The summed E-state index contributed by atoms with van der Waals surface area (Å²) >= 11 is 5.95. The molecule has 0 spiro atoms. The van der Waals surface area contributed by atoms with Gasteiger partial charge >= 0.3 is 0 Å². The average Bonchev–Trinajstić information content (AvgIpc) is 1.60. The van der Waals surface area contributed by atoms with Crippen LogP contribution in [0.5, 0.6) is 0 Å². The topological polar surface area (TPSA) is 117 Å². The van der Waals surface area contributed by atoms with Gasteiger partial charge in [0.25, 0.3) is 0 Å². The molecule has 13 heteroatoms. The van der Waals surface area contributed by atoms with Crippen LogP contribution in [0.4, 0.5) is 0 Å². The number of hydrogen-bond acceptors (Lipinski definition) is 6. The number of benzene rings is 14. The van der Waals surface area contributed by atoms with E-state index in [1.165, 1.54) is 27.4 Å². The number of fused-ring (bicyclic) bond motifs is 18. The van der Waals surface area contributed by atoms with Crippen molar-refractivity contribution in [2.75, 3.05) is 0 Å². The molecule has 22 rings (SSSR count). The highest BCUT2D eigenvalue weighted by Crippen LogP contribution is 2.40. The fourth-order valence-electron chi connectivity index (χ4n) is 15.1. The zero-order chi connectivity index (χ0) is 68.1. The number of halogens is 1. The van der Waals surface area contributed by atoms with E-state index in [4.69, 9.17) is 31.5 Å². The molecule has 1 N–H and O–H groups in total. The molecule has 0 unspecified atom stereocenters. The third kappa shape index (κ3) is 9.98. The number of rotatable bonds is 7. The monoisotopic (exact) mass is 1340 g/mol. The fraction of sp³-hybridized carbons (Fsp3) is 0. The second-order valence-electron chi connectivity index (χ2n) is 25.7. The summed E-state index contributed by atoms with van der Waals surface area (Å²) in [5.74, 6) is 2.49. The molecular weight excluding hydrogens is 1280 g/mol. The van der Waals surface area contributed by atoms with Crippen molar-refractivity contribution in [3.63, 3.8) is 0 Å². The van der Waals surface area contributed by atoms with E-state index in [0.717, 1.165) is 150 Å². The van der Waals surface area contributed by atoms with Gasteiger partial charge in [-0.3, -0.25) is 22.5 Å². The van der Waals surface area contributed by atoms with Crippen LogP contribution in [0.1, 0.15) is 0 Å². The molecule has 14 aromatic carbocycles. The molecule has 0 amide bonds. The fourth-order valence-corrected chi connectivity index (χ4v) is 15.2. The predicted molar refractivity (Wildman–Crippen MR) is 422 cm³/mol. The number of nitrogens with zero attached hydrogens (tertiary/aromatic N) is 11. The Morgan fingerprint density at radius 3 is 1.21 bits per heavy atom. The van der Waals surface area contributed by atoms with Gasteiger partial charge < -0.3 is 4.98 Å². The van der Waals surface area contributed by atoms with Gasteiger partial charge in [0.05, 0.1) is 77.6 Å². The first kappa shape index (κ1) is 59.3. The number of imidazole rings is 4. The lowest BCUT2D eigenvalue weighted by Gasteiger charge is -2.12. The van der Waals surface area contributed by atoms with E-state index in [0.29, 0.717) is 5.95 Å². The van der Waals surface area contributed by atoms with Crippen LogP contribution in [0.2, 0.25) is 5.28 Å². The minimum atomic E-state index is 0.280. The molecule has 0 aliphatic rings. The van der Waals surface area contributed by atoms with E-state index in [1.807, 2.05) is 84.9 Å². The van der Waals surface area contributed by atoms with E-state index in [1.54, 1.807) is 0 Å². The van der Waals surface area contributed by atoms with Crippen LogP contribution >= 0.6 is 11.6 Å². The molecule has 8 heterocycles. The minimum Gasteiger partial charge on any atom is -0.355 e. The molecule has 22 aromatic rings. The Morgan fingerprint density at radius 1 is 0.233 bits per heavy atom. The van der Waals surface area contributed by atoms with E-state index < -0.39 is 0 Å². The largest absolute Gasteiger partial charge is 0.355 e. The van der Waals surface area contributed by atoms with Gasteiger partial charge in [-0.2, -0.15) is 0 Å². The zero-order valence-corrected chi connectivity index (χ0v) is 55.9. The third-order valence-corrected chi connectivity index (χ3v) is 19.9. The van der Waals surface area contributed by atoms with Crippen molar-refractivity contribution in [2.45, 2.75) is 0 Å². The van der Waals surface area contributed by atoms with Crippen LogP contribution < -0.4 is 0 Å². The van der Waals surface area contributed by atoms with Gasteiger partial charge in [-0.15, -0.1) is 0 Å². The Balaban J connectivity index is 0.000000117. The third-order valence-electron chi connectivity index (χ3n) is 19.7. The summed E-state index contributed by atoms with van der Waals surface area (Å²) in [6.07, 6.45) is 0. The van der Waals surface area contributed by atoms with Crippen molar-refractivity contribution in [1.82, 2.24) is 57.4 Å². The van der Waals surface area contributed by atoms with E-state index in [9.17, 15) is 0 Å². The van der Waals surface area contributed by atoms with Crippen molar-refractivity contribution < 1.29 is 0 Å². The molecule has 0 saturated carbocycles. The SMILES string of the molecule is Clc1nc(-c2ccccc2)c2ccccc2n1.c1ccc(-c2nc(-n3c4ccccc4c4cc(-c5ccc6nc7n(-c8ccccc8)c8ccccc8n7c6c5)ccc43)nc3ccccc23)cc1.c1ccc(-n2c3ccccc3n3c4cc(-c5ccc6[nH]c7ccccc7c6c5)ccc4nc23)cc1. The molecule has 0 atom stereocenters. The Kier molecular flexibility index (Phi) is 14.0. The normalized spacial score (nSPS) is 11.7. The van der Waals surface area contributed by atoms with Gasteiger partial charge in [-0.25, -0.2) is 29.9 Å². The molecule has 484 valence electrons. The summed E-state index contributed by atoms with van der Waals surface area (Å²) in [7, 11) is 0. The molecule has 0 bridgehead atoms. The second kappa shape index (κ2) is 24.3. The van der Waals surface area contributed by atoms with E-state index >= 15 is 0 Å². The summed E-state index contributed by atoms with van der Waals surface area (Å²) in [5.41, 5.74) is 25.7. The van der Waals surface area contributed by atoms with Crippen LogP contribution in [0, 0.1) is 0 Å². The minimum absolute atomic E-state index is 0.280. The van der Waals surface area contributed by atoms with Crippen molar-refractivity contribution >= 4 is 133 Å². The van der Waals surface area contributed by atoms with Gasteiger partial charge in [0, 0.05) is 65.9 Å². The maximum atomic E-state index is 5.95. The van der Waals surface area contributed by atoms with Crippen LogP contribution in [0.15, 0.2) is 340 Å². The van der Waals surface area contributed by atoms with Crippen LogP contribution in [-0.4, -0.2) is 57.4 Å². The standard InChI is InChI=1S/C45H28N6.C31H20N4.C14H9ClN2/c1-3-13-29(14-4-1)43-34-18-7-9-19-36(34)46-44(48-43)50-38-20-10-8-17-33(38)35-27-30(24-26-39(35)50)31-23-25-37-42(28-31)51-41-22-12-11-21-40(41)49(45(51)47-37)32-15-5-2-6-16-32;1-2-8-22(9-3-1)34-28-12-6-7-13-29(28)35-30-19-21(15-17-27(30)33-31(34)35)20-14-16-26-24(18-20)23-10-4-5-11-25(23)32-26;15-14-16-12-9-5-4-8-11(12)13(17-14)10-6-2-1-3-7-10/h1-28H;1-19,32H;1-9H. The molecule has 0 radical (unpaired) electrons. The van der Waals surface area contributed by atoms with Gasteiger partial charge in [0.2, 0.25) is 22.8 Å². The maximum Gasteiger partial charge on any atom is 0.235 e. The van der Waals surface area contributed by atoms with Gasteiger partial charge in [0.15, 0.2) is 0 Å². The quantitative estimate of drug-likeness (QED) is 0.159. The molecule has 103 heavy (non-hydrogen) atoms. The van der Waals surface area contributed by atoms with Gasteiger partial charge in [0.1, 0.15) is 0 Å². The molecule has 0 aliphatic carbocycles. The molecule has 12 nitrogen and oxygen atoms in total. The lowest BCUT2D eigenvalue weighted by molar-refractivity contribution is 1.01. The number of H-pyrrole nitrogens is 1. The second-order valence-corrected chi connectivity index (χ2v) is 26.1. The summed E-state index contributed by atoms with van der Waals surface area (Å²) in [6.45, 7) is 0. The van der Waals surface area contributed by atoms with Crippen LogP contribution in [0.25, 0.3) is 183 Å². The Labute approximate surface area is 593 Å². The first-order valence-electron chi connectivity index (χ1n) is 34.3. The number of hydrogen-bond donors (Lipinski definition) is 1. The number of para-hydroxylation sites is 10. The Bertz CT molecular complexity index is 7070. The van der Waals surface area contributed by atoms with Crippen LogP contribution in [-0.2, 0) is 0 Å². The molecule has 8 aromatic heterocycles. The van der Waals surface area contributed by atoms with Gasteiger partial charge in [-0.05, 0) is 155 Å². The number of aromatic nitrogens is 12. The highest BCUT2D eigenvalue weighted by Gasteiger charge is 2.22. The van der Waals surface area contributed by atoms with E-state index in [-0.39, 0.29) is 5.28 Å². The predicted octanol–water partition coefficient (Wildman–Crippen LogP) is 22.5. The average molecular weight is 1340 g/mol. The first-order valence-corrected chi connectivity index (χ1v) is 34.7. The summed E-state index contributed by atoms with van der Waals surface area (Å²) in [4.78, 5) is 32.7. The number of nitrogens with one attached hydrogen (secondary N) is 1. The van der Waals surface area contributed by atoms with Gasteiger partial charge in [-0.1, -0.05) is 218 Å². The van der Waals surface area contributed by atoms with E-state index in [2.05, 4.69) is 292 Å². The molecule has 0 fully saturated rings.